The van der Waals surface area contributed by atoms with Crippen LogP contribution in [0.5, 0.6) is 5.75 Å². The SMILES string of the molecule is CCOc1cccc(C(=O)NC(=S)Nc2c(Cl)cc(C(=O)O)cc2Cl)c1. The summed E-state index contributed by atoms with van der Waals surface area (Å²) in [7, 11) is 0. The monoisotopic (exact) mass is 412 g/mol. The molecule has 9 heteroatoms. The van der Waals surface area contributed by atoms with Gasteiger partial charge in [-0.25, -0.2) is 4.79 Å². The van der Waals surface area contributed by atoms with Crippen molar-refractivity contribution in [3.8, 4) is 5.75 Å². The maximum absolute atomic E-state index is 12.3. The number of thiocarbonyl (C=S) groups is 1. The van der Waals surface area contributed by atoms with Crippen LogP contribution in [0, 0.1) is 0 Å². The van der Waals surface area contributed by atoms with Gasteiger partial charge in [0.1, 0.15) is 5.75 Å². The molecule has 0 unspecified atom stereocenters. The molecule has 2 aromatic rings. The summed E-state index contributed by atoms with van der Waals surface area (Å²) in [5, 5.41) is 14.3. The fourth-order valence-corrected chi connectivity index (χ4v) is 2.81. The Morgan fingerprint density at radius 1 is 1.15 bits per heavy atom. The minimum atomic E-state index is -1.16. The quantitative estimate of drug-likeness (QED) is 0.637. The molecule has 136 valence electrons. The molecule has 0 heterocycles. The summed E-state index contributed by atoms with van der Waals surface area (Å²) >= 11 is 17.2. The zero-order chi connectivity index (χ0) is 19.3. The molecule has 0 saturated heterocycles. The van der Waals surface area contributed by atoms with Crippen LogP contribution in [0.25, 0.3) is 0 Å². The standard InChI is InChI=1S/C17H14Cl2N2O4S/c1-2-25-11-5-3-4-9(6-11)15(22)21-17(26)20-14-12(18)7-10(16(23)24)8-13(14)19/h3-8H,2H2,1H3,(H,23,24)(H2,20,21,22,26). The lowest BCUT2D eigenvalue weighted by molar-refractivity contribution is 0.0696. The van der Waals surface area contributed by atoms with Crippen molar-refractivity contribution in [3.63, 3.8) is 0 Å². The van der Waals surface area contributed by atoms with E-state index >= 15 is 0 Å². The number of rotatable bonds is 5. The molecule has 0 aliphatic carbocycles. The molecule has 0 fully saturated rings. The Hall–Kier alpha value is -2.35. The highest BCUT2D eigenvalue weighted by Gasteiger charge is 2.15. The van der Waals surface area contributed by atoms with E-state index in [0.717, 1.165) is 0 Å². The molecule has 6 nitrogen and oxygen atoms in total. The Balaban J connectivity index is 2.10. The summed E-state index contributed by atoms with van der Waals surface area (Å²) in [4.78, 5) is 23.3. The number of carbonyl (C=O) groups is 2. The molecule has 0 bridgehead atoms. The van der Waals surface area contributed by atoms with Gasteiger partial charge in [-0.15, -0.1) is 0 Å². The van der Waals surface area contributed by atoms with E-state index in [2.05, 4.69) is 10.6 Å². The van der Waals surface area contributed by atoms with Crippen molar-refractivity contribution in [1.82, 2.24) is 5.32 Å². The van der Waals surface area contributed by atoms with E-state index in [9.17, 15) is 9.59 Å². The second kappa shape index (κ2) is 8.84. The minimum Gasteiger partial charge on any atom is -0.494 e. The molecule has 0 aromatic heterocycles. The van der Waals surface area contributed by atoms with Crippen LogP contribution in [0.3, 0.4) is 0 Å². The van der Waals surface area contributed by atoms with Gasteiger partial charge in [-0.2, -0.15) is 0 Å². The minimum absolute atomic E-state index is 0.0383. The average Bonchev–Trinajstić information content (AvgIpc) is 2.58. The number of carboxylic acids is 1. The molecular formula is C17H14Cl2N2O4S. The number of benzene rings is 2. The van der Waals surface area contributed by atoms with Gasteiger partial charge >= 0.3 is 5.97 Å². The summed E-state index contributed by atoms with van der Waals surface area (Å²) < 4.78 is 5.35. The number of anilines is 1. The van der Waals surface area contributed by atoms with Crippen LogP contribution in [-0.4, -0.2) is 28.7 Å². The summed E-state index contributed by atoms with van der Waals surface area (Å²) in [6.07, 6.45) is 0. The van der Waals surface area contributed by atoms with Crippen LogP contribution < -0.4 is 15.4 Å². The summed E-state index contributed by atoms with van der Waals surface area (Å²) in [6, 6.07) is 9.09. The maximum atomic E-state index is 12.3. The number of carboxylic acid groups (broad SMARTS) is 1. The van der Waals surface area contributed by atoms with Gasteiger partial charge in [0.2, 0.25) is 0 Å². The summed E-state index contributed by atoms with van der Waals surface area (Å²) in [5.74, 6) is -1.04. The van der Waals surface area contributed by atoms with Crippen LogP contribution in [0.1, 0.15) is 27.6 Å². The van der Waals surface area contributed by atoms with Crippen molar-refractivity contribution < 1.29 is 19.4 Å². The van der Waals surface area contributed by atoms with Crippen molar-refractivity contribution in [1.29, 1.82) is 0 Å². The van der Waals surface area contributed by atoms with Gasteiger partial charge in [0.05, 0.1) is 27.9 Å². The van der Waals surface area contributed by atoms with Crippen molar-refractivity contribution >= 4 is 58.1 Å². The number of carbonyl (C=O) groups excluding carboxylic acids is 1. The number of halogens is 2. The highest BCUT2D eigenvalue weighted by Crippen LogP contribution is 2.31. The van der Waals surface area contributed by atoms with Crippen LogP contribution in [-0.2, 0) is 0 Å². The summed E-state index contributed by atoms with van der Waals surface area (Å²) in [6.45, 7) is 2.32. The smallest absolute Gasteiger partial charge is 0.335 e. The van der Waals surface area contributed by atoms with E-state index < -0.39 is 11.9 Å². The number of hydrogen-bond donors (Lipinski definition) is 3. The van der Waals surface area contributed by atoms with E-state index in [0.29, 0.717) is 17.9 Å². The predicted molar refractivity (Wildman–Crippen MR) is 105 cm³/mol. The third-order valence-electron chi connectivity index (χ3n) is 3.16. The van der Waals surface area contributed by atoms with E-state index in [1.165, 1.54) is 12.1 Å². The molecule has 26 heavy (non-hydrogen) atoms. The zero-order valence-corrected chi connectivity index (χ0v) is 15.8. The van der Waals surface area contributed by atoms with Crippen LogP contribution >= 0.6 is 35.4 Å². The van der Waals surface area contributed by atoms with Gasteiger partial charge in [-0.3, -0.25) is 10.1 Å². The first-order chi connectivity index (χ1) is 12.3. The van der Waals surface area contributed by atoms with E-state index in [1.54, 1.807) is 24.3 Å². The molecule has 0 radical (unpaired) electrons. The molecule has 3 N–H and O–H groups in total. The van der Waals surface area contributed by atoms with Crippen LogP contribution in [0.15, 0.2) is 36.4 Å². The predicted octanol–water partition coefficient (Wildman–Crippen LogP) is 4.22. The number of nitrogens with one attached hydrogen (secondary N) is 2. The van der Waals surface area contributed by atoms with Gasteiger partial charge in [0, 0.05) is 5.56 Å². The Bertz CT molecular complexity index is 851. The molecule has 0 atom stereocenters. The number of hydrogen-bond acceptors (Lipinski definition) is 4. The lowest BCUT2D eigenvalue weighted by Crippen LogP contribution is -2.34. The lowest BCUT2D eigenvalue weighted by atomic mass is 10.2. The fourth-order valence-electron chi connectivity index (χ4n) is 2.03. The molecular weight excluding hydrogens is 399 g/mol. The van der Waals surface area contributed by atoms with Gasteiger partial charge in [0.15, 0.2) is 5.11 Å². The van der Waals surface area contributed by atoms with E-state index in [-0.39, 0.29) is 26.4 Å². The maximum Gasteiger partial charge on any atom is 0.335 e. The Morgan fingerprint density at radius 2 is 1.81 bits per heavy atom. The average molecular weight is 413 g/mol. The van der Waals surface area contributed by atoms with Gasteiger partial charge < -0.3 is 15.2 Å². The number of amides is 1. The third kappa shape index (κ3) is 5.08. The van der Waals surface area contributed by atoms with Crippen LogP contribution in [0.4, 0.5) is 5.69 Å². The molecule has 1 amide bonds. The molecule has 0 aliphatic heterocycles. The van der Waals surface area contributed by atoms with Gasteiger partial charge in [-0.1, -0.05) is 29.3 Å². The lowest BCUT2D eigenvalue weighted by Gasteiger charge is -2.13. The normalized spacial score (nSPS) is 10.1. The Labute approximate surface area is 165 Å². The first-order valence-corrected chi connectivity index (χ1v) is 8.55. The molecule has 2 aromatic carbocycles. The van der Waals surface area contributed by atoms with Crippen molar-refractivity contribution in [3.05, 3.63) is 57.6 Å². The zero-order valence-electron chi connectivity index (χ0n) is 13.5. The Kier molecular flexibility index (Phi) is 6.79. The third-order valence-corrected chi connectivity index (χ3v) is 3.96. The van der Waals surface area contributed by atoms with Crippen molar-refractivity contribution in [2.75, 3.05) is 11.9 Å². The molecule has 2 rings (SSSR count). The Morgan fingerprint density at radius 3 is 2.38 bits per heavy atom. The fraction of sp³-hybridized carbons (Fsp3) is 0.118. The molecule has 0 spiro atoms. The number of aromatic carboxylic acids is 1. The van der Waals surface area contributed by atoms with Crippen molar-refractivity contribution in [2.24, 2.45) is 0 Å². The topological polar surface area (TPSA) is 87.7 Å². The summed E-state index contributed by atoms with van der Waals surface area (Å²) in [5.41, 5.74) is 0.499. The molecule has 0 saturated carbocycles. The largest absolute Gasteiger partial charge is 0.494 e. The van der Waals surface area contributed by atoms with Gasteiger partial charge in [-0.05, 0) is 49.5 Å². The van der Waals surface area contributed by atoms with E-state index in [4.69, 9.17) is 45.3 Å². The second-order valence-electron chi connectivity index (χ2n) is 4.99. The molecule has 0 aliphatic rings. The number of ether oxygens (including phenoxy) is 1. The highest BCUT2D eigenvalue weighted by molar-refractivity contribution is 7.80. The first-order valence-electron chi connectivity index (χ1n) is 7.39. The second-order valence-corrected chi connectivity index (χ2v) is 6.21. The van der Waals surface area contributed by atoms with Gasteiger partial charge in [0.25, 0.3) is 5.91 Å². The highest BCUT2D eigenvalue weighted by atomic mass is 35.5. The van der Waals surface area contributed by atoms with E-state index in [1.807, 2.05) is 6.92 Å². The van der Waals surface area contributed by atoms with Crippen molar-refractivity contribution in [2.45, 2.75) is 6.92 Å². The van der Waals surface area contributed by atoms with Crippen LogP contribution in [0.2, 0.25) is 10.0 Å². The first kappa shape index (κ1) is 20.0.